The third-order valence-electron chi connectivity index (χ3n) is 21.5. The fraction of sp³-hybridized carbons (Fsp3) is 0.956. The highest BCUT2D eigenvalue weighted by Crippen LogP contribution is 2.45. The van der Waals surface area contributed by atoms with Gasteiger partial charge in [0.2, 0.25) is 0 Å². The number of phosphoric acid groups is 2. The van der Waals surface area contributed by atoms with Gasteiger partial charge in [-0.1, -0.05) is 446 Å². The third kappa shape index (κ3) is 84.0. The van der Waals surface area contributed by atoms with Crippen LogP contribution in [-0.4, -0.2) is 96.7 Å². The number of carbonyl (C=O) groups excluding carboxylic acids is 4. The summed E-state index contributed by atoms with van der Waals surface area (Å²) < 4.78 is 69.1. The van der Waals surface area contributed by atoms with E-state index in [0.717, 1.165) is 95.8 Å². The first-order valence-corrected chi connectivity index (χ1v) is 50.1. The van der Waals surface area contributed by atoms with Crippen LogP contribution < -0.4 is 0 Å². The number of aliphatic hydroxyl groups excluding tert-OH is 1. The molecule has 0 aliphatic heterocycles. The van der Waals surface area contributed by atoms with E-state index in [9.17, 15) is 43.2 Å². The predicted molar refractivity (Wildman–Crippen MR) is 455 cm³/mol. The Bertz CT molecular complexity index is 2080. The van der Waals surface area contributed by atoms with Crippen LogP contribution in [0.5, 0.6) is 0 Å². The molecule has 654 valence electrons. The van der Waals surface area contributed by atoms with Crippen LogP contribution in [0.3, 0.4) is 0 Å². The van der Waals surface area contributed by atoms with Gasteiger partial charge in [-0.05, 0) is 31.6 Å². The summed E-state index contributed by atoms with van der Waals surface area (Å²) in [7, 11) is -9.93. The Hall–Kier alpha value is -1.94. The van der Waals surface area contributed by atoms with Crippen molar-refractivity contribution in [3.05, 3.63) is 0 Å². The smallest absolute Gasteiger partial charge is 0.462 e. The molecule has 17 nitrogen and oxygen atoms in total. The number of hydrogen-bond acceptors (Lipinski definition) is 15. The lowest BCUT2D eigenvalue weighted by Crippen LogP contribution is -2.30. The topological polar surface area (TPSA) is 237 Å². The highest BCUT2D eigenvalue weighted by Gasteiger charge is 2.31. The minimum Gasteiger partial charge on any atom is -0.462 e. The highest BCUT2D eigenvalue weighted by atomic mass is 31.2. The number of rotatable bonds is 91. The maximum Gasteiger partial charge on any atom is 0.472 e. The molecule has 0 fully saturated rings. The fourth-order valence-corrected chi connectivity index (χ4v) is 15.9. The Morgan fingerprint density at radius 1 is 0.245 bits per heavy atom. The van der Waals surface area contributed by atoms with E-state index in [-0.39, 0.29) is 25.7 Å². The van der Waals surface area contributed by atoms with Crippen LogP contribution in [0.4, 0.5) is 0 Å². The van der Waals surface area contributed by atoms with Gasteiger partial charge in [0.15, 0.2) is 12.2 Å². The molecule has 0 bridgehead atoms. The Morgan fingerprint density at radius 3 is 0.618 bits per heavy atom. The van der Waals surface area contributed by atoms with Crippen molar-refractivity contribution in [3.8, 4) is 0 Å². The summed E-state index contributed by atoms with van der Waals surface area (Å²) >= 11 is 0. The molecule has 0 aromatic rings. The van der Waals surface area contributed by atoms with Crippen LogP contribution in [0.25, 0.3) is 0 Å². The van der Waals surface area contributed by atoms with Crippen molar-refractivity contribution in [2.24, 2.45) is 5.92 Å². The van der Waals surface area contributed by atoms with Crippen molar-refractivity contribution in [2.75, 3.05) is 39.6 Å². The largest absolute Gasteiger partial charge is 0.472 e. The van der Waals surface area contributed by atoms with E-state index in [0.29, 0.717) is 25.7 Å². The van der Waals surface area contributed by atoms with E-state index in [1.165, 1.54) is 321 Å². The molecule has 0 aromatic heterocycles. The number of hydrogen-bond donors (Lipinski definition) is 3. The lowest BCUT2D eigenvalue weighted by atomic mass is 10.0. The Balaban J connectivity index is 5.24. The molecule has 5 atom stereocenters. The maximum absolute atomic E-state index is 13.2. The molecule has 0 rings (SSSR count). The van der Waals surface area contributed by atoms with Gasteiger partial charge in [0.1, 0.15) is 19.3 Å². The van der Waals surface area contributed by atoms with E-state index in [2.05, 4.69) is 34.6 Å². The molecule has 2 unspecified atom stereocenters. The van der Waals surface area contributed by atoms with E-state index < -0.39 is 97.5 Å². The van der Waals surface area contributed by atoms with Crippen LogP contribution in [0.15, 0.2) is 0 Å². The van der Waals surface area contributed by atoms with Gasteiger partial charge >= 0.3 is 39.5 Å². The SMILES string of the molecule is CCCCCCCCCCCCCCCCCCCCCCCCC(=O)O[C@H](COC(=O)CCCCCCCCCCCCCCCCCC(C)C)COP(=O)(O)OC[C@@H](O)COP(=O)(O)OC[C@@H](COC(=O)CCCCCCCCCCCCCC)OC(=O)CCCCCCCCCCCCCCCCCCCC. The Morgan fingerprint density at radius 2 is 0.418 bits per heavy atom. The van der Waals surface area contributed by atoms with Gasteiger partial charge < -0.3 is 33.8 Å². The second-order valence-corrected chi connectivity index (χ2v) is 36.1. The highest BCUT2D eigenvalue weighted by molar-refractivity contribution is 7.47. The van der Waals surface area contributed by atoms with Crippen molar-refractivity contribution >= 4 is 39.5 Å². The molecule has 0 aliphatic rings. The number of aliphatic hydroxyl groups is 1. The van der Waals surface area contributed by atoms with Gasteiger partial charge in [-0.3, -0.25) is 37.3 Å². The summed E-state index contributed by atoms with van der Waals surface area (Å²) in [5, 5.41) is 10.7. The van der Waals surface area contributed by atoms with E-state index in [1.54, 1.807) is 0 Å². The van der Waals surface area contributed by atoms with Crippen molar-refractivity contribution in [3.63, 3.8) is 0 Å². The van der Waals surface area contributed by atoms with Gasteiger partial charge in [0.25, 0.3) is 0 Å². The molecule has 0 aromatic carbocycles. The van der Waals surface area contributed by atoms with Crippen LogP contribution in [0.2, 0.25) is 0 Å². The molecular weight excluding hydrogens is 1430 g/mol. The average molecular weight is 1610 g/mol. The van der Waals surface area contributed by atoms with E-state index in [1.807, 2.05) is 0 Å². The molecular formula is C91H178O17P2. The number of esters is 4. The van der Waals surface area contributed by atoms with Crippen molar-refractivity contribution in [2.45, 2.75) is 515 Å². The Kier molecular flexibility index (Phi) is 82.1. The first-order chi connectivity index (χ1) is 53.5. The minimum atomic E-state index is -4.97. The molecule has 110 heavy (non-hydrogen) atoms. The molecule has 3 N–H and O–H groups in total. The lowest BCUT2D eigenvalue weighted by molar-refractivity contribution is -0.161. The third-order valence-corrected chi connectivity index (χ3v) is 23.4. The van der Waals surface area contributed by atoms with Gasteiger partial charge in [-0.2, -0.15) is 0 Å². The average Bonchev–Trinajstić information content (AvgIpc) is 0.898. The van der Waals surface area contributed by atoms with Crippen molar-refractivity contribution in [1.82, 2.24) is 0 Å². The molecule has 0 radical (unpaired) electrons. The van der Waals surface area contributed by atoms with Crippen LogP contribution in [-0.2, 0) is 65.4 Å². The molecule has 0 saturated heterocycles. The van der Waals surface area contributed by atoms with Gasteiger partial charge in [-0.25, -0.2) is 9.13 Å². The molecule has 0 amide bonds. The molecule has 0 spiro atoms. The number of phosphoric ester groups is 2. The zero-order valence-corrected chi connectivity index (χ0v) is 74.2. The van der Waals surface area contributed by atoms with Crippen LogP contribution in [0.1, 0.15) is 497 Å². The summed E-state index contributed by atoms with van der Waals surface area (Å²) in [5.74, 6) is -1.29. The summed E-state index contributed by atoms with van der Waals surface area (Å²) in [6, 6.07) is 0. The van der Waals surface area contributed by atoms with Gasteiger partial charge in [0, 0.05) is 25.7 Å². The fourth-order valence-electron chi connectivity index (χ4n) is 14.4. The second kappa shape index (κ2) is 83.5. The summed E-state index contributed by atoms with van der Waals surface area (Å²) in [6.07, 6.45) is 79.2. The first-order valence-electron chi connectivity index (χ1n) is 47.1. The second-order valence-electron chi connectivity index (χ2n) is 33.2. The van der Waals surface area contributed by atoms with Gasteiger partial charge in [0.05, 0.1) is 26.4 Å². The molecule has 0 heterocycles. The summed E-state index contributed by atoms with van der Waals surface area (Å²) in [6.45, 7) is 7.43. The molecule has 0 aliphatic carbocycles. The quantitative estimate of drug-likeness (QED) is 0.0222. The molecule has 19 heteroatoms. The van der Waals surface area contributed by atoms with E-state index >= 15 is 0 Å². The predicted octanol–water partition coefficient (Wildman–Crippen LogP) is 28.3. The summed E-state index contributed by atoms with van der Waals surface area (Å²) in [4.78, 5) is 73.4. The van der Waals surface area contributed by atoms with Gasteiger partial charge in [-0.15, -0.1) is 0 Å². The number of ether oxygens (including phenoxy) is 4. The zero-order valence-electron chi connectivity index (χ0n) is 72.4. The zero-order chi connectivity index (χ0) is 80.4. The lowest BCUT2D eigenvalue weighted by Gasteiger charge is -2.21. The van der Waals surface area contributed by atoms with E-state index in [4.69, 9.17) is 37.0 Å². The maximum atomic E-state index is 13.2. The monoisotopic (exact) mass is 1610 g/mol. The summed E-state index contributed by atoms with van der Waals surface area (Å²) in [5.41, 5.74) is 0. The molecule has 0 saturated carbocycles. The standard InChI is InChI=1S/C91H178O17P2/c1-6-9-12-15-18-21-24-27-29-31-33-34-35-36-38-42-47-52-57-62-67-72-77-91(96)108-87(81-102-89(94)75-70-65-60-55-50-45-43-39-40-44-48-53-58-63-68-73-84(4)5)83-106-110(99,100)104-79-85(92)78-103-109(97,98)105-82-86(80-101-88(93)74-69-64-59-54-49-26-23-20-17-14-11-8-3)107-90(95)76-71-66-61-56-51-46-41-37-32-30-28-25-22-19-16-13-10-7-2/h84-87,92H,6-83H2,1-5H3,(H,97,98)(H,99,100)/t85-,86+,87+/m0/s1. The number of unbranched alkanes of at least 4 members (excludes halogenated alkanes) is 63. The van der Waals surface area contributed by atoms with Crippen LogP contribution >= 0.6 is 15.6 Å². The number of carbonyl (C=O) groups is 4. The van der Waals surface area contributed by atoms with Crippen molar-refractivity contribution in [1.29, 1.82) is 0 Å². The Labute approximate surface area is 677 Å². The first kappa shape index (κ1) is 108. The normalized spacial score (nSPS) is 13.7. The van der Waals surface area contributed by atoms with Crippen molar-refractivity contribution < 1.29 is 80.2 Å². The minimum absolute atomic E-state index is 0.109. The van der Waals surface area contributed by atoms with Crippen LogP contribution in [0, 0.1) is 5.92 Å².